The van der Waals surface area contributed by atoms with Crippen molar-refractivity contribution >= 4 is 11.6 Å². The number of amides is 1. The first-order valence-corrected chi connectivity index (χ1v) is 7.73. The molecule has 1 unspecified atom stereocenters. The van der Waals surface area contributed by atoms with Crippen LogP contribution < -0.4 is 15.1 Å². The lowest BCUT2D eigenvalue weighted by Crippen LogP contribution is -2.40. The van der Waals surface area contributed by atoms with E-state index in [9.17, 15) is 4.79 Å². The van der Waals surface area contributed by atoms with E-state index in [0.29, 0.717) is 31.1 Å². The molecule has 0 bridgehead atoms. The number of hydrogen-bond acceptors (Lipinski definition) is 5. The normalized spacial score (nSPS) is 16.8. The van der Waals surface area contributed by atoms with Crippen LogP contribution in [0.3, 0.4) is 0 Å². The fourth-order valence-corrected chi connectivity index (χ4v) is 2.87. The van der Waals surface area contributed by atoms with Crippen LogP contribution in [0, 0.1) is 0 Å². The first-order chi connectivity index (χ1) is 11.7. The quantitative estimate of drug-likeness (QED) is 0.665. The van der Waals surface area contributed by atoms with Crippen molar-refractivity contribution in [3.8, 4) is 5.75 Å². The van der Waals surface area contributed by atoms with Crippen molar-refractivity contribution < 1.29 is 19.5 Å². The minimum absolute atomic E-state index is 0.0555. The summed E-state index contributed by atoms with van der Waals surface area (Å²) in [5, 5.41) is 8.79. The number of ether oxygens (including phenoxy) is 2. The van der Waals surface area contributed by atoms with Crippen molar-refractivity contribution in [2.24, 2.45) is 0 Å². The molecular weight excluding hydrogens is 308 g/mol. The van der Waals surface area contributed by atoms with Gasteiger partial charge in [-0.1, -0.05) is 24.3 Å². The van der Waals surface area contributed by atoms with Crippen molar-refractivity contribution in [2.45, 2.75) is 12.6 Å². The number of nitrogens with one attached hydrogen (secondary N) is 1. The Morgan fingerprint density at radius 1 is 1.33 bits per heavy atom. The molecule has 1 aliphatic rings. The molecule has 0 radical (unpaired) electrons. The number of para-hydroxylation sites is 1. The number of carbonyl (C=O) groups is 1. The molecule has 6 nitrogen and oxygen atoms in total. The van der Waals surface area contributed by atoms with Crippen LogP contribution in [0.15, 0.2) is 48.5 Å². The molecular formula is C18H20N2O4. The molecule has 0 spiro atoms. The average molecular weight is 328 g/mol. The van der Waals surface area contributed by atoms with E-state index in [1.807, 2.05) is 24.3 Å². The lowest BCUT2D eigenvalue weighted by atomic mass is 10.1. The van der Waals surface area contributed by atoms with E-state index in [2.05, 4.69) is 17.0 Å². The Kier molecular flexibility index (Phi) is 4.98. The highest BCUT2D eigenvalue weighted by Crippen LogP contribution is 2.29. The van der Waals surface area contributed by atoms with Gasteiger partial charge in [0.1, 0.15) is 12.4 Å². The number of fused-ring (bicyclic) bond motifs is 1. The molecule has 2 aromatic rings. The van der Waals surface area contributed by atoms with Crippen LogP contribution in [-0.4, -0.2) is 37.5 Å². The topological polar surface area (TPSA) is 71.0 Å². The van der Waals surface area contributed by atoms with Gasteiger partial charge >= 0.3 is 0 Å². The first kappa shape index (κ1) is 16.3. The third kappa shape index (κ3) is 3.34. The SMILES string of the molecule is COCC1COc2cc(C(=O)NO)ccc2CN1c1ccccc1. The van der Waals surface area contributed by atoms with Gasteiger partial charge in [0.25, 0.3) is 5.91 Å². The molecule has 3 rings (SSSR count). The molecule has 24 heavy (non-hydrogen) atoms. The van der Waals surface area contributed by atoms with Gasteiger partial charge in [0.15, 0.2) is 0 Å². The Balaban J connectivity index is 1.94. The Morgan fingerprint density at radius 2 is 2.12 bits per heavy atom. The van der Waals surface area contributed by atoms with Gasteiger partial charge in [-0.25, -0.2) is 5.48 Å². The van der Waals surface area contributed by atoms with Gasteiger partial charge in [0.05, 0.1) is 12.6 Å². The monoisotopic (exact) mass is 328 g/mol. The minimum Gasteiger partial charge on any atom is -0.491 e. The predicted molar refractivity (Wildman–Crippen MR) is 89.5 cm³/mol. The average Bonchev–Trinajstić information content (AvgIpc) is 2.81. The van der Waals surface area contributed by atoms with E-state index in [0.717, 1.165) is 11.3 Å². The summed E-state index contributed by atoms with van der Waals surface area (Å²) in [6, 6.07) is 15.3. The number of nitrogens with zero attached hydrogens (tertiary/aromatic N) is 1. The highest BCUT2D eigenvalue weighted by atomic mass is 16.5. The Bertz CT molecular complexity index is 705. The number of rotatable bonds is 4. The Morgan fingerprint density at radius 3 is 2.83 bits per heavy atom. The maximum atomic E-state index is 11.6. The minimum atomic E-state index is -0.556. The second-order valence-corrected chi connectivity index (χ2v) is 5.65. The fourth-order valence-electron chi connectivity index (χ4n) is 2.87. The third-order valence-electron chi connectivity index (χ3n) is 4.09. The van der Waals surface area contributed by atoms with Gasteiger partial charge in [-0.3, -0.25) is 10.0 Å². The van der Waals surface area contributed by atoms with Crippen molar-refractivity contribution in [3.63, 3.8) is 0 Å². The first-order valence-electron chi connectivity index (χ1n) is 7.73. The number of hydroxylamine groups is 1. The standard InChI is InChI=1S/C18H20N2O4/c1-23-11-16-12-24-17-9-13(18(21)19-22)7-8-14(17)10-20(16)15-5-3-2-4-6-15/h2-9,16,22H,10-12H2,1H3,(H,19,21). The van der Waals surface area contributed by atoms with E-state index in [1.165, 1.54) is 0 Å². The molecule has 126 valence electrons. The van der Waals surface area contributed by atoms with Crippen molar-refractivity contribution in [1.82, 2.24) is 5.48 Å². The van der Waals surface area contributed by atoms with Gasteiger partial charge < -0.3 is 14.4 Å². The van der Waals surface area contributed by atoms with E-state index >= 15 is 0 Å². The second-order valence-electron chi connectivity index (χ2n) is 5.65. The van der Waals surface area contributed by atoms with Gasteiger partial charge in [-0.15, -0.1) is 0 Å². The molecule has 1 aliphatic heterocycles. The molecule has 2 N–H and O–H groups in total. The van der Waals surface area contributed by atoms with Gasteiger partial charge in [-0.2, -0.15) is 0 Å². The van der Waals surface area contributed by atoms with Crippen LogP contribution in [0.1, 0.15) is 15.9 Å². The predicted octanol–water partition coefficient (Wildman–Crippen LogP) is 2.22. The van der Waals surface area contributed by atoms with E-state index < -0.39 is 5.91 Å². The molecule has 1 atom stereocenters. The molecule has 0 saturated carbocycles. The summed E-state index contributed by atoms with van der Waals surface area (Å²) in [6.45, 7) is 1.63. The largest absolute Gasteiger partial charge is 0.491 e. The maximum Gasteiger partial charge on any atom is 0.274 e. The number of benzene rings is 2. The Hall–Kier alpha value is -2.57. The molecule has 2 aromatic carbocycles. The van der Waals surface area contributed by atoms with Crippen LogP contribution in [-0.2, 0) is 11.3 Å². The zero-order valence-electron chi connectivity index (χ0n) is 13.4. The number of carbonyl (C=O) groups excluding carboxylic acids is 1. The summed E-state index contributed by atoms with van der Waals surface area (Å²) in [7, 11) is 1.67. The van der Waals surface area contributed by atoms with Gasteiger partial charge in [0, 0.05) is 30.5 Å². The molecule has 0 saturated heterocycles. The summed E-state index contributed by atoms with van der Waals surface area (Å²) in [5.41, 5.74) is 4.07. The molecule has 0 aliphatic carbocycles. The van der Waals surface area contributed by atoms with Crippen LogP contribution in [0.25, 0.3) is 0 Å². The zero-order chi connectivity index (χ0) is 16.9. The number of methoxy groups -OCH3 is 1. The summed E-state index contributed by atoms with van der Waals surface area (Å²) < 4.78 is 11.3. The van der Waals surface area contributed by atoms with E-state index in [1.54, 1.807) is 24.7 Å². The smallest absolute Gasteiger partial charge is 0.274 e. The van der Waals surface area contributed by atoms with Crippen LogP contribution in [0.5, 0.6) is 5.75 Å². The molecule has 0 aromatic heterocycles. The van der Waals surface area contributed by atoms with Gasteiger partial charge in [0.2, 0.25) is 0 Å². The van der Waals surface area contributed by atoms with Crippen LogP contribution in [0.2, 0.25) is 0 Å². The van der Waals surface area contributed by atoms with Crippen molar-refractivity contribution in [2.75, 3.05) is 25.2 Å². The lowest BCUT2D eigenvalue weighted by molar-refractivity contribution is 0.0706. The maximum absolute atomic E-state index is 11.6. The molecule has 1 amide bonds. The third-order valence-corrected chi connectivity index (χ3v) is 4.09. The summed E-state index contributed by atoms with van der Waals surface area (Å²) in [6.07, 6.45) is 0. The fraction of sp³-hybridized carbons (Fsp3) is 0.278. The van der Waals surface area contributed by atoms with Crippen LogP contribution in [0.4, 0.5) is 5.69 Å². The Labute approximate surface area is 140 Å². The van der Waals surface area contributed by atoms with Crippen molar-refractivity contribution in [1.29, 1.82) is 0 Å². The van der Waals surface area contributed by atoms with Gasteiger partial charge in [-0.05, 0) is 24.3 Å². The summed E-state index contributed by atoms with van der Waals surface area (Å²) in [5.74, 6) is 0.0923. The molecule has 6 heteroatoms. The van der Waals surface area contributed by atoms with E-state index in [-0.39, 0.29) is 6.04 Å². The highest BCUT2D eigenvalue weighted by Gasteiger charge is 2.25. The molecule has 0 fully saturated rings. The van der Waals surface area contributed by atoms with Crippen LogP contribution >= 0.6 is 0 Å². The van der Waals surface area contributed by atoms with E-state index in [4.69, 9.17) is 14.7 Å². The summed E-state index contributed by atoms with van der Waals surface area (Å²) in [4.78, 5) is 13.8. The summed E-state index contributed by atoms with van der Waals surface area (Å²) >= 11 is 0. The highest BCUT2D eigenvalue weighted by molar-refractivity contribution is 5.93. The lowest BCUT2D eigenvalue weighted by Gasteiger charge is -2.30. The zero-order valence-corrected chi connectivity index (χ0v) is 13.4. The number of hydrogen-bond donors (Lipinski definition) is 2. The number of anilines is 1. The second kappa shape index (κ2) is 7.33. The van der Waals surface area contributed by atoms with Crippen molar-refractivity contribution in [3.05, 3.63) is 59.7 Å². The molecule has 1 heterocycles.